The number of nitrogens with zero attached hydrogens (tertiary/aromatic N) is 2. The van der Waals surface area contributed by atoms with Gasteiger partial charge < -0.3 is 14.2 Å². The number of hydrogen-bond donors (Lipinski definition) is 0. The number of ether oxygens (including phenoxy) is 1. The number of carbonyl (C=O) groups is 1. The van der Waals surface area contributed by atoms with E-state index in [1.165, 1.54) is 18.5 Å². The fraction of sp³-hybridized carbons (Fsp3) is 0.450. The van der Waals surface area contributed by atoms with E-state index in [1.807, 2.05) is 24.3 Å². The van der Waals surface area contributed by atoms with Crippen molar-refractivity contribution in [2.75, 3.05) is 13.7 Å². The number of amides is 1. The Kier molecular flexibility index (Phi) is 5.24. The van der Waals surface area contributed by atoms with Crippen molar-refractivity contribution in [1.82, 2.24) is 9.47 Å². The molecule has 1 aliphatic heterocycles. The molecule has 2 aromatic rings. The highest BCUT2D eigenvalue weighted by atomic mass is 16.5. The van der Waals surface area contributed by atoms with Crippen LogP contribution in [0.15, 0.2) is 42.6 Å². The van der Waals surface area contributed by atoms with Crippen LogP contribution in [0.2, 0.25) is 0 Å². The summed E-state index contributed by atoms with van der Waals surface area (Å²) in [5.41, 5.74) is 2.27. The van der Waals surface area contributed by atoms with Crippen molar-refractivity contribution in [1.29, 1.82) is 0 Å². The van der Waals surface area contributed by atoms with Crippen LogP contribution in [-0.2, 0) is 18.3 Å². The van der Waals surface area contributed by atoms with E-state index in [4.69, 9.17) is 4.74 Å². The number of aromatic nitrogens is 1. The lowest BCUT2D eigenvalue weighted by Gasteiger charge is -2.31. The van der Waals surface area contributed by atoms with E-state index in [2.05, 4.69) is 34.8 Å². The minimum atomic E-state index is 0.193. The van der Waals surface area contributed by atoms with Crippen molar-refractivity contribution >= 4 is 5.91 Å². The minimum absolute atomic E-state index is 0.193. The smallest absolute Gasteiger partial charge is 0.227 e. The van der Waals surface area contributed by atoms with Gasteiger partial charge in [-0.25, -0.2) is 0 Å². The molecule has 0 bridgehead atoms. The summed E-state index contributed by atoms with van der Waals surface area (Å²) in [6.07, 6.45) is 7.04. The first-order valence-electron chi connectivity index (χ1n) is 8.72. The van der Waals surface area contributed by atoms with Gasteiger partial charge in [-0.2, -0.15) is 0 Å². The Bertz CT molecular complexity index is 675. The number of methoxy groups -OCH3 is 1. The number of hydrogen-bond acceptors (Lipinski definition) is 2. The lowest BCUT2D eigenvalue weighted by molar-refractivity contribution is -0.133. The van der Waals surface area contributed by atoms with Crippen LogP contribution in [0.4, 0.5) is 0 Å². The fourth-order valence-electron chi connectivity index (χ4n) is 3.55. The number of likely N-dealkylation sites (tertiary alicyclic amines) is 1. The van der Waals surface area contributed by atoms with E-state index in [-0.39, 0.29) is 11.9 Å². The summed E-state index contributed by atoms with van der Waals surface area (Å²) in [5, 5.41) is 0. The molecule has 1 aromatic heterocycles. The van der Waals surface area contributed by atoms with Crippen molar-refractivity contribution in [3.05, 3.63) is 53.9 Å². The Morgan fingerprint density at radius 1 is 1.17 bits per heavy atom. The SMILES string of the molecule is COc1ccc(CC(=O)N2CCCCC[C@@H]2c2cccn2C)cc1. The van der Waals surface area contributed by atoms with Crippen molar-refractivity contribution in [3.63, 3.8) is 0 Å². The second kappa shape index (κ2) is 7.56. The van der Waals surface area contributed by atoms with Crippen molar-refractivity contribution < 1.29 is 9.53 Å². The van der Waals surface area contributed by atoms with E-state index >= 15 is 0 Å². The van der Waals surface area contributed by atoms with E-state index in [9.17, 15) is 4.79 Å². The third-order valence-electron chi connectivity index (χ3n) is 4.91. The average molecular weight is 326 g/mol. The number of benzene rings is 1. The number of carbonyl (C=O) groups excluding carboxylic acids is 1. The van der Waals surface area contributed by atoms with Crippen LogP contribution in [0.5, 0.6) is 5.75 Å². The van der Waals surface area contributed by atoms with Gasteiger partial charge in [0, 0.05) is 25.5 Å². The van der Waals surface area contributed by atoms with Gasteiger partial charge in [-0.05, 0) is 42.7 Å². The third-order valence-corrected chi connectivity index (χ3v) is 4.91. The van der Waals surface area contributed by atoms with E-state index in [0.29, 0.717) is 6.42 Å². The molecule has 0 N–H and O–H groups in total. The first kappa shape index (κ1) is 16.6. The molecule has 0 saturated carbocycles. The van der Waals surface area contributed by atoms with Gasteiger partial charge in [0.05, 0.1) is 19.6 Å². The fourth-order valence-corrected chi connectivity index (χ4v) is 3.55. The Hall–Kier alpha value is -2.23. The highest BCUT2D eigenvalue weighted by molar-refractivity contribution is 5.79. The van der Waals surface area contributed by atoms with Gasteiger partial charge in [-0.15, -0.1) is 0 Å². The minimum Gasteiger partial charge on any atom is -0.497 e. The predicted octanol–water partition coefficient (Wildman–Crippen LogP) is 3.72. The zero-order chi connectivity index (χ0) is 16.9. The standard InChI is InChI=1S/C20H26N2O2/c1-21-13-6-8-18(21)19-7-4-3-5-14-22(19)20(23)15-16-9-11-17(24-2)12-10-16/h6,8-13,19H,3-5,7,14-15H2,1-2H3/t19-/m1/s1. The van der Waals surface area contributed by atoms with Gasteiger partial charge >= 0.3 is 0 Å². The summed E-state index contributed by atoms with van der Waals surface area (Å²) in [6, 6.07) is 12.2. The zero-order valence-corrected chi connectivity index (χ0v) is 14.6. The summed E-state index contributed by atoms with van der Waals surface area (Å²) in [6.45, 7) is 0.852. The second-order valence-electron chi connectivity index (χ2n) is 6.52. The molecule has 4 nitrogen and oxygen atoms in total. The first-order chi connectivity index (χ1) is 11.7. The van der Waals surface area contributed by atoms with Crippen LogP contribution < -0.4 is 4.74 Å². The van der Waals surface area contributed by atoms with Gasteiger partial charge in [0.2, 0.25) is 5.91 Å². The van der Waals surface area contributed by atoms with Gasteiger partial charge in [0.15, 0.2) is 0 Å². The molecule has 0 aliphatic carbocycles. The Labute approximate surface area is 144 Å². The number of rotatable bonds is 4. The third kappa shape index (κ3) is 3.64. The van der Waals surface area contributed by atoms with Crippen molar-refractivity contribution in [2.24, 2.45) is 7.05 Å². The molecule has 128 valence electrons. The summed E-state index contributed by atoms with van der Waals surface area (Å²) >= 11 is 0. The molecule has 2 heterocycles. The molecule has 3 rings (SSSR count). The molecule has 1 atom stereocenters. The van der Waals surface area contributed by atoms with Crippen LogP contribution in [0.3, 0.4) is 0 Å². The molecule has 1 fully saturated rings. The van der Waals surface area contributed by atoms with Crippen LogP contribution in [0.25, 0.3) is 0 Å². The Morgan fingerprint density at radius 3 is 2.62 bits per heavy atom. The second-order valence-corrected chi connectivity index (χ2v) is 6.52. The largest absolute Gasteiger partial charge is 0.497 e. The average Bonchev–Trinajstić information content (AvgIpc) is 2.87. The summed E-state index contributed by atoms with van der Waals surface area (Å²) in [7, 11) is 3.72. The summed E-state index contributed by atoms with van der Waals surface area (Å²) in [5.74, 6) is 1.04. The molecule has 1 saturated heterocycles. The molecule has 24 heavy (non-hydrogen) atoms. The maximum absolute atomic E-state index is 13.0. The Balaban J connectivity index is 1.77. The topological polar surface area (TPSA) is 34.5 Å². The molecule has 0 radical (unpaired) electrons. The normalized spacial score (nSPS) is 18.2. The van der Waals surface area contributed by atoms with Gasteiger partial charge in [0.1, 0.15) is 5.75 Å². The Morgan fingerprint density at radius 2 is 1.96 bits per heavy atom. The predicted molar refractivity (Wildman–Crippen MR) is 95.0 cm³/mol. The van der Waals surface area contributed by atoms with Crippen LogP contribution >= 0.6 is 0 Å². The quantitative estimate of drug-likeness (QED) is 0.858. The zero-order valence-electron chi connectivity index (χ0n) is 14.6. The molecule has 1 aromatic carbocycles. The maximum Gasteiger partial charge on any atom is 0.227 e. The van der Waals surface area contributed by atoms with Crippen LogP contribution in [0, 0.1) is 0 Å². The van der Waals surface area contributed by atoms with Crippen molar-refractivity contribution in [2.45, 2.75) is 38.1 Å². The molecule has 4 heteroatoms. The molecular weight excluding hydrogens is 300 g/mol. The molecule has 0 unspecified atom stereocenters. The molecule has 1 aliphatic rings. The summed E-state index contributed by atoms with van der Waals surface area (Å²) in [4.78, 5) is 15.1. The highest BCUT2D eigenvalue weighted by Gasteiger charge is 2.28. The summed E-state index contributed by atoms with van der Waals surface area (Å²) < 4.78 is 7.33. The van der Waals surface area contributed by atoms with E-state index in [1.54, 1.807) is 7.11 Å². The first-order valence-corrected chi connectivity index (χ1v) is 8.72. The molecular formula is C20H26N2O2. The molecule has 0 spiro atoms. The lowest BCUT2D eigenvalue weighted by atomic mass is 10.0. The highest BCUT2D eigenvalue weighted by Crippen LogP contribution is 2.30. The maximum atomic E-state index is 13.0. The van der Waals surface area contributed by atoms with Gasteiger partial charge in [-0.1, -0.05) is 25.0 Å². The van der Waals surface area contributed by atoms with E-state index < -0.39 is 0 Å². The van der Waals surface area contributed by atoms with E-state index in [0.717, 1.165) is 30.7 Å². The van der Waals surface area contributed by atoms with Crippen LogP contribution in [0.1, 0.15) is 43.0 Å². The lowest BCUT2D eigenvalue weighted by Crippen LogP contribution is -2.36. The van der Waals surface area contributed by atoms with Crippen molar-refractivity contribution in [3.8, 4) is 5.75 Å². The van der Waals surface area contributed by atoms with Crippen LogP contribution in [-0.4, -0.2) is 29.0 Å². The molecule has 1 amide bonds. The van der Waals surface area contributed by atoms with Gasteiger partial charge in [0.25, 0.3) is 0 Å². The number of aryl methyl sites for hydroxylation is 1. The van der Waals surface area contributed by atoms with Gasteiger partial charge in [-0.3, -0.25) is 4.79 Å². The monoisotopic (exact) mass is 326 g/mol.